The van der Waals surface area contributed by atoms with Crippen molar-refractivity contribution in [2.45, 2.75) is 44.6 Å². The molecule has 2 amide bonds. The molecule has 5 nitrogen and oxygen atoms in total. The van der Waals surface area contributed by atoms with Crippen LogP contribution in [0.1, 0.15) is 38.5 Å². The van der Waals surface area contributed by atoms with Crippen LogP contribution in [0.15, 0.2) is 36.0 Å². The van der Waals surface area contributed by atoms with Crippen LogP contribution >= 0.6 is 0 Å². The third-order valence-corrected chi connectivity index (χ3v) is 4.80. The van der Waals surface area contributed by atoms with E-state index in [0.29, 0.717) is 18.3 Å². The maximum absolute atomic E-state index is 12.9. The third-order valence-electron chi connectivity index (χ3n) is 4.80. The van der Waals surface area contributed by atoms with Gasteiger partial charge in [-0.05, 0) is 62.8 Å². The predicted molar refractivity (Wildman–Crippen MR) is 98.1 cm³/mol. The Balaban J connectivity index is 1.52. The van der Waals surface area contributed by atoms with Crippen molar-refractivity contribution < 1.29 is 18.9 Å². The highest BCUT2D eigenvalue weighted by Crippen LogP contribution is 2.33. The summed E-state index contributed by atoms with van der Waals surface area (Å²) in [7, 11) is 1.85. The van der Waals surface area contributed by atoms with E-state index < -0.39 is 0 Å². The number of rotatable bonds is 7. The van der Waals surface area contributed by atoms with Crippen LogP contribution in [0.4, 0.5) is 10.1 Å². The van der Waals surface area contributed by atoms with E-state index in [2.05, 4.69) is 11.4 Å². The molecule has 26 heavy (non-hydrogen) atoms. The number of allylic oxidation sites excluding steroid dienone is 2. The Morgan fingerprint density at radius 2 is 1.92 bits per heavy atom. The Morgan fingerprint density at radius 1 is 1.19 bits per heavy atom. The van der Waals surface area contributed by atoms with Gasteiger partial charge in [-0.1, -0.05) is 6.08 Å². The fourth-order valence-corrected chi connectivity index (χ4v) is 3.39. The van der Waals surface area contributed by atoms with Gasteiger partial charge in [-0.25, -0.2) is 4.39 Å². The van der Waals surface area contributed by atoms with Crippen molar-refractivity contribution in [1.82, 2.24) is 4.90 Å². The first-order valence-corrected chi connectivity index (χ1v) is 9.41. The highest BCUT2D eigenvalue weighted by atomic mass is 19.1. The molecule has 3 rings (SSSR count). The number of nitrogens with zero attached hydrogens (tertiary/aromatic N) is 1. The van der Waals surface area contributed by atoms with Crippen molar-refractivity contribution in [3.05, 3.63) is 41.9 Å². The second-order valence-electron chi connectivity index (χ2n) is 7.30. The van der Waals surface area contributed by atoms with Crippen LogP contribution in [0, 0.1) is 5.82 Å². The quantitative estimate of drug-likeness (QED) is 0.778. The lowest BCUT2D eigenvalue weighted by molar-refractivity contribution is -0.862. The zero-order valence-electron chi connectivity index (χ0n) is 15.3. The summed E-state index contributed by atoms with van der Waals surface area (Å²) in [6, 6.07) is 6.02. The number of amides is 2. The van der Waals surface area contributed by atoms with Crippen molar-refractivity contribution in [3.63, 3.8) is 0 Å². The molecule has 0 spiro atoms. The minimum atomic E-state index is -0.339. The Bertz CT molecular complexity index is 683. The van der Waals surface area contributed by atoms with Crippen molar-refractivity contribution in [1.29, 1.82) is 0 Å². The number of anilines is 1. The molecule has 140 valence electrons. The fraction of sp³-hybridized carbons (Fsp3) is 0.500. The van der Waals surface area contributed by atoms with Crippen LogP contribution in [0.5, 0.6) is 0 Å². The Kier molecular flexibility index (Phi) is 6.04. The summed E-state index contributed by atoms with van der Waals surface area (Å²) in [6.07, 6.45) is 8.73. The number of likely N-dealkylation sites (N-methyl/N-ethyl adjacent to an activating group) is 1. The van der Waals surface area contributed by atoms with E-state index in [1.165, 1.54) is 36.4 Å². The first kappa shape index (κ1) is 18.6. The molecule has 1 atom stereocenters. The van der Waals surface area contributed by atoms with Crippen LogP contribution in [0.3, 0.4) is 0 Å². The second-order valence-corrected chi connectivity index (χ2v) is 7.30. The van der Waals surface area contributed by atoms with Gasteiger partial charge in [0, 0.05) is 17.4 Å². The molecule has 0 aliphatic heterocycles. The molecule has 1 unspecified atom stereocenters. The van der Waals surface area contributed by atoms with Crippen LogP contribution < -0.4 is 10.2 Å². The zero-order chi connectivity index (χ0) is 18.5. The van der Waals surface area contributed by atoms with Gasteiger partial charge in [0.05, 0.1) is 7.05 Å². The summed E-state index contributed by atoms with van der Waals surface area (Å²) in [5, 5.41) is 2.74. The van der Waals surface area contributed by atoms with E-state index in [4.69, 9.17) is 0 Å². The molecule has 2 aliphatic rings. The van der Waals surface area contributed by atoms with E-state index in [0.717, 1.165) is 37.0 Å². The number of hydrogen-bond acceptors (Lipinski definition) is 2. The molecule has 1 aromatic rings. The van der Waals surface area contributed by atoms with Gasteiger partial charge in [-0.15, -0.1) is 0 Å². The number of carbonyl (C=O) groups is 2. The molecule has 6 heteroatoms. The summed E-state index contributed by atoms with van der Waals surface area (Å²) in [6.45, 7) is 0.491. The van der Waals surface area contributed by atoms with Crippen LogP contribution in [0.25, 0.3) is 0 Å². The standard InChI is InChI=1S/C20H26FN3O2/c1-23(13-19(25)22-16-9-7-15(21)8-10-16)14-20(26)24(18-11-12-18)17-5-3-2-4-6-17/h5,7-10,18H,2-4,6,11-14H2,1H3,(H,22,25)/p+1. The maximum Gasteiger partial charge on any atom is 0.282 e. The molecular formula is C20H27FN3O2+. The van der Waals surface area contributed by atoms with Gasteiger partial charge < -0.3 is 15.1 Å². The third kappa shape index (κ3) is 5.14. The highest BCUT2D eigenvalue weighted by molar-refractivity contribution is 5.91. The predicted octanol–water partition coefficient (Wildman–Crippen LogP) is 1.73. The summed E-state index contributed by atoms with van der Waals surface area (Å²) in [5.41, 5.74) is 1.73. The molecule has 2 aliphatic carbocycles. The van der Waals surface area contributed by atoms with Crippen LogP contribution in [-0.2, 0) is 9.59 Å². The smallest absolute Gasteiger partial charge is 0.282 e. The van der Waals surface area contributed by atoms with Crippen molar-refractivity contribution >= 4 is 17.5 Å². The van der Waals surface area contributed by atoms with Gasteiger partial charge in [0.2, 0.25) is 0 Å². The lowest BCUT2D eigenvalue weighted by atomic mass is 10.0. The van der Waals surface area contributed by atoms with Crippen LogP contribution in [-0.4, -0.2) is 42.9 Å². The van der Waals surface area contributed by atoms with Crippen molar-refractivity contribution in [3.8, 4) is 0 Å². The number of quaternary nitrogens is 1. The first-order chi connectivity index (χ1) is 12.5. The number of benzene rings is 1. The maximum atomic E-state index is 12.9. The van der Waals surface area contributed by atoms with Gasteiger partial charge in [0.1, 0.15) is 5.82 Å². The Hall–Kier alpha value is -2.21. The van der Waals surface area contributed by atoms with E-state index in [1.807, 2.05) is 11.9 Å². The Labute approximate surface area is 153 Å². The summed E-state index contributed by atoms with van der Waals surface area (Å²) in [4.78, 5) is 27.8. The molecule has 0 saturated heterocycles. The normalized spacial score (nSPS) is 18.0. The van der Waals surface area contributed by atoms with Gasteiger partial charge in [-0.3, -0.25) is 9.59 Å². The zero-order valence-corrected chi connectivity index (χ0v) is 15.3. The highest BCUT2D eigenvalue weighted by Gasteiger charge is 2.36. The van der Waals surface area contributed by atoms with Gasteiger partial charge in [-0.2, -0.15) is 0 Å². The molecule has 0 radical (unpaired) electrons. The molecule has 2 N–H and O–H groups in total. The Morgan fingerprint density at radius 3 is 2.54 bits per heavy atom. The molecule has 0 heterocycles. The lowest BCUT2D eigenvalue weighted by Gasteiger charge is -2.28. The number of carbonyl (C=O) groups excluding carboxylic acids is 2. The summed E-state index contributed by atoms with van der Waals surface area (Å²) >= 11 is 0. The SMILES string of the molecule is C[NH+](CC(=O)Nc1ccc(F)cc1)CC(=O)N(C1=CCCCC1)C1CC1. The summed E-state index contributed by atoms with van der Waals surface area (Å²) in [5.74, 6) is -0.419. The summed E-state index contributed by atoms with van der Waals surface area (Å²) < 4.78 is 12.9. The topological polar surface area (TPSA) is 53.9 Å². The number of nitrogens with one attached hydrogen (secondary N) is 2. The number of hydrogen-bond donors (Lipinski definition) is 2. The fourth-order valence-electron chi connectivity index (χ4n) is 3.39. The van der Waals surface area contributed by atoms with E-state index >= 15 is 0 Å². The van der Waals surface area contributed by atoms with Crippen molar-refractivity contribution in [2.75, 3.05) is 25.5 Å². The van der Waals surface area contributed by atoms with E-state index in [1.54, 1.807) is 0 Å². The largest absolute Gasteiger partial charge is 0.322 e. The first-order valence-electron chi connectivity index (χ1n) is 9.41. The van der Waals surface area contributed by atoms with Crippen molar-refractivity contribution in [2.24, 2.45) is 0 Å². The van der Waals surface area contributed by atoms with Crippen LogP contribution in [0.2, 0.25) is 0 Å². The molecule has 1 aromatic carbocycles. The molecular weight excluding hydrogens is 333 g/mol. The second kappa shape index (κ2) is 8.45. The number of halogens is 1. The molecule has 1 saturated carbocycles. The average Bonchev–Trinajstić information content (AvgIpc) is 3.42. The van der Waals surface area contributed by atoms with Gasteiger partial charge >= 0.3 is 0 Å². The lowest BCUT2D eigenvalue weighted by Crippen LogP contribution is -3.11. The average molecular weight is 360 g/mol. The van der Waals surface area contributed by atoms with E-state index in [-0.39, 0.29) is 24.2 Å². The molecule has 1 fully saturated rings. The minimum Gasteiger partial charge on any atom is -0.322 e. The van der Waals surface area contributed by atoms with Gasteiger partial charge in [0.15, 0.2) is 13.1 Å². The molecule has 0 aromatic heterocycles. The minimum absolute atomic E-state index is 0.104. The molecule has 0 bridgehead atoms. The monoisotopic (exact) mass is 360 g/mol. The van der Waals surface area contributed by atoms with E-state index in [9.17, 15) is 14.0 Å². The van der Waals surface area contributed by atoms with Gasteiger partial charge in [0.25, 0.3) is 11.8 Å².